The highest BCUT2D eigenvalue weighted by atomic mass is 16.5. The predicted molar refractivity (Wildman–Crippen MR) is 67.7 cm³/mol. The molecule has 3 rings (SSSR count). The van der Waals surface area contributed by atoms with E-state index in [1.165, 1.54) is 25.7 Å². The SMILES string of the molecule is C[C@H](CO)[C@@]12CC[C@@](C)(O1)[C@H]1CC[C@H](C)[C@@H]1C2. The minimum absolute atomic E-state index is 0.0106. The first kappa shape index (κ1) is 12.0. The zero-order chi connectivity index (χ0) is 12.3. The molecule has 0 aromatic rings. The van der Waals surface area contributed by atoms with Crippen LogP contribution in [0.25, 0.3) is 0 Å². The zero-order valence-corrected chi connectivity index (χ0v) is 11.4. The van der Waals surface area contributed by atoms with Crippen molar-refractivity contribution in [1.29, 1.82) is 0 Å². The van der Waals surface area contributed by atoms with Gasteiger partial charge in [-0.3, -0.25) is 0 Å². The summed E-state index contributed by atoms with van der Waals surface area (Å²) in [6.45, 7) is 7.16. The quantitative estimate of drug-likeness (QED) is 0.801. The highest BCUT2D eigenvalue weighted by molar-refractivity contribution is 5.10. The molecular weight excluding hydrogens is 212 g/mol. The molecule has 17 heavy (non-hydrogen) atoms. The highest BCUT2D eigenvalue weighted by Gasteiger charge is 2.61. The van der Waals surface area contributed by atoms with Crippen LogP contribution in [-0.4, -0.2) is 22.9 Å². The lowest BCUT2D eigenvalue weighted by Crippen LogP contribution is -2.51. The summed E-state index contributed by atoms with van der Waals surface area (Å²) in [5, 5.41) is 9.51. The van der Waals surface area contributed by atoms with Crippen LogP contribution >= 0.6 is 0 Å². The summed E-state index contributed by atoms with van der Waals surface area (Å²) in [5.74, 6) is 2.76. The molecule has 3 aliphatic rings. The molecule has 3 fully saturated rings. The van der Waals surface area contributed by atoms with Crippen molar-refractivity contribution in [2.75, 3.05) is 6.61 Å². The van der Waals surface area contributed by atoms with Crippen LogP contribution in [0.1, 0.15) is 52.9 Å². The van der Waals surface area contributed by atoms with Crippen LogP contribution in [0.3, 0.4) is 0 Å². The largest absolute Gasteiger partial charge is 0.396 e. The van der Waals surface area contributed by atoms with E-state index in [4.69, 9.17) is 4.74 Å². The first-order valence-corrected chi connectivity index (χ1v) is 7.32. The molecule has 2 aliphatic heterocycles. The maximum absolute atomic E-state index is 9.51. The first-order valence-electron chi connectivity index (χ1n) is 7.32. The van der Waals surface area contributed by atoms with Gasteiger partial charge in [0, 0.05) is 12.5 Å². The lowest BCUT2D eigenvalue weighted by atomic mass is 9.72. The van der Waals surface area contributed by atoms with E-state index in [-0.39, 0.29) is 23.7 Å². The van der Waals surface area contributed by atoms with E-state index in [1.54, 1.807) is 0 Å². The number of hydrogen-bond acceptors (Lipinski definition) is 2. The van der Waals surface area contributed by atoms with Crippen molar-refractivity contribution in [3.63, 3.8) is 0 Å². The second kappa shape index (κ2) is 3.71. The van der Waals surface area contributed by atoms with Gasteiger partial charge >= 0.3 is 0 Å². The standard InChI is InChI=1S/C15H26O2/c1-10-4-5-13-12(10)8-15(11(2)9-16)7-6-14(13,3)17-15/h10-13,16H,4-9H2,1-3H3/t10-,11+,12-,13-,14+,15-/m0/s1. The van der Waals surface area contributed by atoms with Crippen molar-refractivity contribution in [3.8, 4) is 0 Å². The molecule has 1 N–H and O–H groups in total. The fourth-order valence-electron chi connectivity index (χ4n) is 4.91. The summed E-state index contributed by atoms with van der Waals surface area (Å²) in [7, 11) is 0. The maximum atomic E-state index is 9.51. The number of aliphatic hydroxyl groups is 1. The van der Waals surface area contributed by atoms with Gasteiger partial charge in [0.2, 0.25) is 0 Å². The molecule has 0 radical (unpaired) electrons. The van der Waals surface area contributed by atoms with Gasteiger partial charge < -0.3 is 9.84 Å². The van der Waals surface area contributed by atoms with Crippen molar-refractivity contribution in [3.05, 3.63) is 0 Å². The van der Waals surface area contributed by atoms with Crippen molar-refractivity contribution < 1.29 is 9.84 Å². The molecule has 2 nitrogen and oxygen atoms in total. The van der Waals surface area contributed by atoms with E-state index in [0.29, 0.717) is 0 Å². The Balaban J connectivity index is 1.92. The lowest BCUT2D eigenvalue weighted by molar-refractivity contribution is -0.202. The highest BCUT2D eigenvalue weighted by Crippen LogP contribution is 2.61. The normalized spacial score (nSPS) is 54.7. The summed E-state index contributed by atoms with van der Waals surface area (Å²) in [6, 6.07) is 0. The molecule has 98 valence electrons. The van der Waals surface area contributed by atoms with Crippen LogP contribution in [0.2, 0.25) is 0 Å². The average molecular weight is 238 g/mol. The number of fused-ring (bicyclic) bond motifs is 4. The summed E-state index contributed by atoms with van der Waals surface area (Å²) in [4.78, 5) is 0. The summed E-state index contributed by atoms with van der Waals surface area (Å²) in [6.07, 6.45) is 6.27. The van der Waals surface area contributed by atoms with Crippen LogP contribution in [0.4, 0.5) is 0 Å². The van der Waals surface area contributed by atoms with E-state index >= 15 is 0 Å². The van der Waals surface area contributed by atoms with Gasteiger partial charge in [-0.2, -0.15) is 0 Å². The molecule has 0 spiro atoms. The van der Waals surface area contributed by atoms with E-state index in [2.05, 4.69) is 20.8 Å². The summed E-state index contributed by atoms with van der Waals surface area (Å²) in [5.41, 5.74) is 0.0976. The molecule has 0 amide bonds. The van der Waals surface area contributed by atoms with Gasteiger partial charge in [0.15, 0.2) is 0 Å². The van der Waals surface area contributed by atoms with Crippen LogP contribution < -0.4 is 0 Å². The van der Waals surface area contributed by atoms with Crippen LogP contribution in [0.15, 0.2) is 0 Å². The van der Waals surface area contributed by atoms with Gasteiger partial charge in [0.25, 0.3) is 0 Å². The monoisotopic (exact) mass is 238 g/mol. The van der Waals surface area contributed by atoms with E-state index in [0.717, 1.165) is 24.2 Å². The molecule has 6 atom stereocenters. The summed E-state index contributed by atoms with van der Waals surface area (Å²) >= 11 is 0. The van der Waals surface area contributed by atoms with Crippen molar-refractivity contribution >= 4 is 0 Å². The molecule has 1 saturated carbocycles. The summed E-state index contributed by atoms with van der Waals surface area (Å²) < 4.78 is 6.53. The Morgan fingerprint density at radius 2 is 2.12 bits per heavy atom. The van der Waals surface area contributed by atoms with Crippen LogP contribution in [0, 0.1) is 23.7 Å². The third-order valence-corrected chi connectivity index (χ3v) is 6.20. The number of aliphatic hydroxyl groups excluding tert-OH is 1. The Morgan fingerprint density at radius 3 is 2.82 bits per heavy atom. The molecular formula is C15H26O2. The van der Waals surface area contributed by atoms with Gasteiger partial charge in [-0.1, -0.05) is 20.3 Å². The fourth-order valence-corrected chi connectivity index (χ4v) is 4.91. The smallest absolute Gasteiger partial charge is 0.0741 e. The van der Waals surface area contributed by atoms with Gasteiger partial charge in [-0.25, -0.2) is 0 Å². The minimum atomic E-state index is -0.0106. The van der Waals surface area contributed by atoms with Crippen LogP contribution in [-0.2, 0) is 4.74 Å². The van der Waals surface area contributed by atoms with Gasteiger partial charge in [-0.15, -0.1) is 0 Å². The molecule has 0 aromatic heterocycles. The molecule has 2 heterocycles. The Labute approximate surface area is 105 Å². The van der Waals surface area contributed by atoms with Crippen molar-refractivity contribution in [2.24, 2.45) is 23.7 Å². The molecule has 2 heteroatoms. The zero-order valence-electron chi connectivity index (χ0n) is 11.4. The van der Waals surface area contributed by atoms with Gasteiger partial charge in [0.05, 0.1) is 11.2 Å². The van der Waals surface area contributed by atoms with Crippen molar-refractivity contribution in [2.45, 2.75) is 64.1 Å². The first-order chi connectivity index (χ1) is 8.01. The van der Waals surface area contributed by atoms with Crippen molar-refractivity contribution in [1.82, 2.24) is 0 Å². The maximum Gasteiger partial charge on any atom is 0.0741 e. The van der Waals surface area contributed by atoms with Gasteiger partial charge in [-0.05, 0) is 50.4 Å². The van der Waals surface area contributed by atoms with E-state index in [9.17, 15) is 5.11 Å². The van der Waals surface area contributed by atoms with E-state index < -0.39 is 0 Å². The minimum Gasteiger partial charge on any atom is -0.396 e. The second-order valence-electron chi connectivity index (χ2n) is 7.09. The predicted octanol–water partition coefficient (Wildman–Crippen LogP) is 2.99. The molecule has 0 unspecified atom stereocenters. The molecule has 2 saturated heterocycles. The molecule has 1 aliphatic carbocycles. The topological polar surface area (TPSA) is 29.5 Å². The average Bonchev–Trinajstić information content (AvgIpc) is 2.81. The number of ether oxygens (including phenoxy) is 1. The third kappa shape index (κ3) is 1.53. The third-order valence-electron chi connectivity index (χ3n) is 6.20. The Morgan fingerprint density at radius 1 is 1.35 bits per heavy atom. The molecule has 0 aromatic carbocycles. The Bertz CT molecular complexity index is 316. The fraction of sp³-hybridized carbons (Fsp3) is 1.00. The number of hydrogen-bond donors (Lipinski definition) is 1. The number of rotatable bonds is 2. The van der Waals surface area contributed by atoms with E-state index in [1.807, 2.05) is 0 Å². The second-order valence-corrected chi connectivity index (χ2v) is 7.09. The lowest BCUT2D eigenvalue weighted by Gasteiger charge is -2.49. The molecule has 2 bridgehead atoms. The Kier molecular flexibility index (Phi) is 2.61. The Hall–Kier alpha value is -0.0800. The van der Waals surface area contributed by atoms with Gasteiger partial charge in [0.1, 0.15) is 0 Å². The van der Waals surface area contributed by atoms with Crippen LogP contribution in [0.5, 0.6) is 0 Å².